The van der Waals surface area contributed by atoms with Gasteiger partial charge in [-0.3, -0.25) is 9.59 Å². The number of amides is 1. The molecule has 0 radical (unpaired) electrons. The van der Waals surface area contributed by atoms with E-state index in [-0.39, 0.29) is 34.4 Å². The Labute approximate surface area is 126 Å². The number of aromatic nitrogens is 1. The first-order chi connectivity index (χ1) is 9.47. The monoisotopic (exact) mass is 316 g/mol. The number of carboxylic acid groups (broad SMARTS) is 1. The Hall–Kier alpha value is -1.33. The summed E-state index contributed by atoms with van der Waals surface area (Å²) in [6, 6.07) is 2.77. The minimum absolute atomic E-state index is 0.0377. The van der Waals surface area contributed by atoms with Gasteiger partial charge in [0.25, 0.3) is 5.91 Å². The van der Waals surface area contributed by atoms with E-state index in [4.69, 9.17) is 28.3 Å². The summed E-state index contributed by atoms with van der Waals surface area (Å²) in [5.41, 5.74) is 0.267. The lowest BCUT2D eigenvalue weighted by Crippen LogP contribution is -2.42. The zero-order valence-electron chi connectivity index (χ0n) is 10.7. The average molecular weight is 317 g/mol. The molecule has 0 aliphatic heterocycles. The second-order valence-electron chi connectivity index (χ2n) is 4.77. The summed E-state index contributed by atoms with van der Waals surface area (Å²) in [6.45, 7) is -0.318. The third-order valence-electron chi connectivity index (χ3n) is 3.34. The minimum Gasteiger partial charge on any atom is -0.480 e. The predicted molar refractivity (Wildman–Crippen MR) is 75.2 cm³/mol. The van der Waals surface area contributed by atoms with Gasteiger partial charge in [-0.25, -0.2) is 4.98 Å². The Morgan fingerprint density at radius 2 is 1.80 bits per heavy atom. The van der Waals surface area contributed by atoms with Crippen LogP contribution in [-0.4, -0.2) is 39.5 Å². The van der Waals surface area contributed by atoms with E-state index in [0.29, 0.717) is 0 Å². The van der Waals surface area contributed by atoms with E-state index in [1.807, 2.05) is 0 Å². The van der Waals surface area contributed by atoms with Gasteiger partial charge < -0.3 is 10.0 Å². The van der Waals surface area contributed by atoms with Crippen LogP contribution in [0.25, 0.3) is 0 Å². The third-order valence-corrected chi connectivity index (χ3v) is 3.73. The van der Waals surface area contributed by atoms with E-state index in [0.717, 1.165) is 25.7 Å². The molecule has 1 heterocycles. The second-order valence-corrected chi connectivity index (χ2v) is 5.54. The molecule has 1 aromatic heterocycles. The molecule has 2 rings (SSSR count). The Kier molecular flexibility index (Phi) is 4.83. The van der Waals surface area contributed by atoms with Crippen LogP contribution in [0.3, 0.4) is 0 Å². The van der Waals surface area contributed by atoms with Crippen molar-refractivity contribution in [2.75, 3.05) is 6.54 Å². The number of pyridine rings is 1. The number of carboxylic acids is 1. The number of aliphatic carboxylic acids is 1. The van der Waals surface area contributed by atoms with Gasteiger partial charge in [0, 0.05) is 11.6 Å². The lowest BCUT2D eigenvalue weighted by atomic mass is 10.1. The van der Waals surface area contributed by atoms with Gasteiger partial charge in [-0.05, 0) is 25.0 Å². The van der Waals surface area contributed by atoms with Crippen LogP contribution in [0.15, 0.2) is 12.1 Å². The fraction of sp³-hybridized carbons (Fsp3) is 0.462. The predicted octanol–water partition coefficient (Wildman–Crippen LogP) is 2.86. The lowest BCUT2D eigenvalue weighted by molar-refractivity contribution is -0.138. The third kappa shape index (κ3) is 3.61. The normalized spacial score (nSPS) is 15.3. The first-order valence-electron chi connectivity index (χ1n) is 6.33. The van der Waals surface area contributed by atoms with Crippen molar-refractivity contribution in [1.82, 2.24) is 9.88 Å². The maximum Gasteiger partial charge on any atom is 0.323 e. The van der Waals surface area contributed by atoms with Crippen molar-refractivity contribution in [2.24, 2.45) is 0 Å². The molecule has 0 unspecified atom stereocenters. The SMILES string of the molecule is O=C(O)CN(C(=O)c1cc(Cl)nc(Cl)c1)C1CCCC1. The number of halogens is 2. The van der Waals surface area contributed by atoms with Crippen molar-refractivity contribution in [3.05, 3.63) is 28.0 Å². The quantitative estimate of drug-likeness (QED) is 0.867. The van der Waals surface area contributed by atoms with Crippen LogP contribution < -0.4 is 0 Å². The number of hydrogen-bond donors (Lipinski definition) is 1. The standard InChI is InChI=1S/C13H14Cl2N2O3/c14-10-5-8(6-11(15)16-10)13(20)17(7-12(18)19)9-3-1-2-4-9/h5-6,9H,1-4,7H2,(H,18,19). The highest BCUT2D eigenvalue weighted by atomic mass is 35.5. The number of rotatable bonds is 4. The second kappa shape index (κ2) is 6.41. The molecule has 1 aliphatic carbocycles. The van der Waals surface area contributed by atoms with Gasteiger partial charge in [0.05, 0.1) is 0 Å². The van der Waals surface area contributed by atoms with Gasteiger partial charge in [-0.15, -0.1) is 0 Å². The van der Waals surface area contributed by atoms with Gasteiger partial charge in [-0.2, -0.15) is 0 Å². The summed E-state index contributed by atoms with van der Waals surface area (Å²) in [5.74, 6) is -1.40. The van der Waals surface area contributed by atoms with E-state index in [9.17, 15) is 9.59 Å². The van der Waals surface area contributed by atoms with E-state index >= 15 is 0 Å². The molecule has 1 aliphatic rings. The number of hydrogen-bond acceptors (Lipinski definition) is 3. The lowest BCUT2D eigenvalue weighted by Gasteiger charge is -2.27. The Bertz CT molecular complexity index is 510. The van der Waals surface area contributed by atoms with E-state index < -0.39 is 5.97 Å². The maximum absolute atomic E-state index is 12.5. The topological polar surface area (TPSA) is 70.5 Å². The maximum atomic E-state index is 12.5. The van der Waals surface area contributed by atoms with E-state index in [2.05, 4.69) is 4.98 Å². The average Bonchev–Trinajstić information content (AvgIpc) is 2.87. The molecule has 0 atom stereocenters. The minimum atomic E-state index is -1.03. The highest BCUT2D eigenvalue weighted by molar-refractivity contribution is 6.33. The molecule has 1 fully saturated rings. The summed E-state index contributed by atoms with van der Waals surface area (Å²) in [6.07, 6.45) is 3.66. The van der Waals surface area contributed by atoms with Crippen molar-refractivity contribution in [3.8, 4) is 0 Å². The van der Waals surface area contributed by atoms with Crippen LogP contribution in [0.4, 0.5) is 0 Å². The molecule has 5 nitrogen and oxygen atoms in total. The van der Waals surface area contributed by atoms with E-state index in [1.165, 1.54) is 17.0 Å². The van der Waals surface area contributed by atoms with Crippen LogP contribution in [0.1, 0.15) is 36.0 Å². The zero-order chi connectivity index (χ0) is 14.7. The van der Waals surface area contributed by atoms with Crippen molar-refractivity contribution in [1.29, 1.82) is 0 Å². The van der Waals surface area contributed by atoms with Crippen LogP contribution in [-0.2, 0) is 4.79 Å². The first kappa shape index (κ1) is 15.1. The molecule has 1 N–H and O–H groups in total. The van der Waals surface area contributed by atoms with Crippen molar-refractivity contribution in [2.45, 2.75) is 31.7 Å². The molecule has 20 heavy (non-hydrogen) atoms. The van der Waals surface area contributed by atoms with Gasteiger partial charge in [0.15, 0.2) is 0 Å². The van der Waals surface area contributed by atoms with E-state index in [1.54, 1.807) is 0 Å². The van der Waals surface area contributed by atoms with Gasteiger partial charge in [0.1, 0.15) is 16.9 Å². The van der Waals surface area contributed by atoms with Gasteiger partial charge in [0.2, 0.25) is 0 Å². The fourth-order valence-corrected chi connectivity index (χ4v) is 2.94. The molecule has 0 aromatic carbocycles. The molecule has 0 bridgehead atoms. The Balaban J connectivity index is 2.26. The molecular weight excluding hydrogens is 303 g/mol. The van der Waals surface area contributed by atoms with Crippen LogP contribution in [0, 0.1) is 0 Å². The summed E-state index contributed by atoms with van der Waals surface area (Å²) >= 11 is 11.6. The smallest absolute Gasteiger partial charge is 0.323 e. The largest absolute Gasteiger partial charge is 0.480 e. The summed E-state index contributed by atoms with van der Waals surface area (Å²) in [5, 5.41) is 9.22. The fourth-order valence-electron chi connectivity index (χ4n) is 2.48. The molecular formula is C13H14Cl2N2O3. The highest BCUT2D eigenvalue weighted by Gasteiger charge is 2.29. The summed E-state index contributed by atoms with van der Waals surface area (Å²) in [7, 11) is 0. The molecule has 0 spiro atoms. The first-order valence-corrected chi connectivity index (χ1v) is 7.09. The van der Waals surface area contributed by atoms with Crippen LogP contribution in [0.2, 0.25) is 10.3 Å². The van der Waals surface area contributed by atoms with Gasteiger partial charge >= 0.3 is 5.97 Å². The molecule has 1 saturated carbocycles. The van der Waals surface area contributed by atoms with Crippen molar-refractivity contribution in [3.63, 3.8) is 0 Å². The molecule has 1 aromatic rings. The van der Waals surface area contributed by atoms with Crippen LogP contribution >= 0.6 is 23.2 Å². The Morgan fingerprint density at radius 3 is 2.30 bits per heavy atom. The zero-order valence-corrected chi connectivity index (χ0v) is 12.2. The number of carbonyl (C=O) groups is 2. The summed E-state index contributed by atoms with van der Waals surface area (Å²) in [4.78, 5) is 28.6. The summed E-state index contributed by atoms with van der Waals surface area (Å²) < 4.78 is 0. The molecule has 0 saturated heterocycles. The van der Waals surface area contributed by atoms with Crippen molar-refractivity contribution >= 4 is 35.1 Å². The van der Waals surface area contributed by atoms with Crippen LogP contribution in [0.5, 0.6) is 0 Å². The van der Waals surface area contributed by atoms with Gasteiger partial charge in [-0.1, -0.05) is 36.0 Å². The molecule has 108 valence electrons. The van der Waals surface area contributed by atoms with Crippen molar-refractivity contribution < 1.29 is 14.7 Å². The molecule has 1 amide bonds. The highest BCUT2D eigenvalue weighted by Crippen LogP contribution is 2.25. The Morgan fingerprint density at radius 1 is 1.25 bits per heavy atom. The number of nitrogens with zero attached hydrogens (tertiary/aromatic N) is 2. The molecule has 7 heteroatoms. The number of carbonyl (C=O) groups excluding carboxylic acids is 1.